The smallest absolute Gasteiger partial charge is 0.404 e. The average molecular weight is 325 g/mol. The van der Waals surface area contributed by atoms with Crippen LogP contribution in [0.3, 0.4) is 0 Å². The van der Waals surface area contributed by atoms with E-state index in [1.165, 1.54) is 0 Å². The number of hydrazone groups is 1. The first kappa shape index (κ1) is 19.5. The summed E-state index contributed by atoms with van der Waals surface area (Å²) in [7, 11) is 0. The molecule has 2 unspecified atom stereocenters. The van der Waals surface area contributed by atoms with E-state index in [2.05, 4.69) is 24.3 Å². The van der Waals surface area contributed by atoms with Crippen molar-refractivity contribution in [1.29, 1.82) is 0 Å². The van der Waals surface area contributed by atoms with Crippen molar-refractivity contribution in [2.75, 3.05) is 6.54 Å². The third-order valence-electron chi connectivity index (χ3n) is 4.69. The van der Waals surface area contributed by atoms with Crippen LogP contribution in [0.25, 0.3) is 0 Å². The van der Waals surface area contributed by atoms with E-state index >= 15 is 0 Å². The fourth-order valence-corrected chi connectivity index (χ4v) is 3.10. The molecule has 0 radical (unpaired) electrons. The number of nitrogens with one attached hydrogen (secondary N) is 1. The highest BCUT2D eigenvalue weighted by molar-refractivity contribution is 6.06. The Labute approximate surface area is 139 Å². The minimum absolute atomic E-state index is 0.0155. The van der Waals surface area contributed by atoms with Crippen molar-refractivity contribution in [3.8, 4) is 0 Å². The van der Waals surface area contributed by atoms with Crippen LogP contribution in [-0.2, 0) is 4.79 Å². The summed E-state index contributed by atoms with van der Waals surface area (Å²) in [5.74, 6) is 0.344. The van der Waals surface area contributed by atoms with Crippen molar-refractivity contribution >= 4 is 17.7 Å². The summed E-state index contributed by atoms with van der Waals surface area (Å²) in [4.78, 5) is 23.3. The van der Waals surface area contributed by atoms with Crippen LogP contribution in [0.4, 0.5) is 4.79 Å². The van der Waals surface area contributed by atoms with Crippen molar-refractivity contribution in [1.82, 2.24) is 10.3 Å². The molecule has 2 amide bonds. The molecule has 2 atom stereocenters. The first-order chi connectivity index (χ1) is 10.6. The molecule has 6 nitrogen and oxygen atoms in total. The maximum absolute atomic E-state index is 12.2. The van der Waals surface area contributed by atoms with Gasteiger partial charge in [0.05, 0.1) is 12.1 Å². The number of hydrogen-bond donors (Lipinski definition) is 2. The molecule has 1 aliphatic rings. The maximum Gasteiger partial charge on any atom is 0.404 e. The molecule has 0 saturated heterocycles. The van der Waals surface area contributed by atoms with Crippen molar-refractivity contribution in [3.05, 3.63) is 0 Å². The molecular formula is C17H31N3O3. The molecule has 0 aromatic rings. The van der Waals surface area contributed by atoms with Gasteiger partial charge < -0.3 is 10.4 Å². The van der Waals surface area contributed by atoms with Gasteiger partial charge in [-0.2, -0.15) is 5.10 Å². The zero-order chi connectivity index (χ0) is 17.8. The number of amides is 2. The van der Waals surface area contributed by atoms with Gasteiger partial charge in [0.15, 0.2) is 0 Å². The molecule has 1 rings (SSSR count). The molecule has 0 aromatic carbocycles. The Morgan fingerprint density at radius 1 is 1.35 bits per heavy atom. The third kappa shape index (κ3) is 5.22. The van der Waals surface area contributed by atoms with Crippen LogP contribution < -0.4 is 5.32 Å². The van der Waals surface area contributed by atoms with E-state index < -0.39 is 6.09 Å². The van der Waals surface area contributed by atoms with Gasteiger partial charge in [0.25, 0.3) is 0 Å². The lowest BCUT2D eigenvalue weighted by Gasteiger charge is -2.35. The molecule has 132 valence electrons. The first-order valence-electron chi connectivity index (χ1n) is 8.47. The number of carboxylic acid groups (broad SMARTS) is 1. The summed E-state index contributed by atoms with van der Waals surface area (Å²) in [5, 5.41) is 17.8. The summed E-state index contributed by atoms with van der Waals surface area (Å²) in [5.41, 5.74) is 0.515. The third-order valence-corrected chi connectivity index (χ3v) is 4.69. The van der Waals surface area contributed by atoms with E-state index in [9.17, 15) is 9.59 Å². The van der Waals surface area contributed by atoms with Crippen LogP contribution in [0.1, 0.15) is 60.8 Å². The van der Waals surface area contributed by atoms with E-state index in [1.807, 2.05) is 27.7 Å². The van der Waals surface area contributed by atoms with Crippen LogP contribution in [0.2, 0.25) is 0 Å². The average Bonchev–Trinajstić information content (AvgIpc) is 2.81. The minimum atomic E-state index is -1.05. The normalized spacial score (nSPS) is 18.1. The van der Waals surface area contributed by atoms with Gasteiger partial charge in [-0.05, 0) is 11.3 Å². The monoisotopic (exact) mass is 325 g/mol. The zero-order valence-corrected chi connectivity index (χ0v) is 15.2. The molecule has 1 aliphatic heterocycles. The van der Waals surface area contributed by atoms with Gasteiger partial charge in [-0.25, -0.2) is 9.80 Å². The van der Waals surface area contributed by atoms with Gasteiger partial charge in [-0.3, -0.25) is 4.79 Å². The second kappa shape index (κ2) is 7.79. The first-order valence-corrected chi connectivity index (χ1v) is 8.47. The topological polar surface area (TPSA) is 82.0 Å². The van der Waals surface area contributed by atoms with E-state index in [-0.39, 0.29) is 29.7 Å². The van der Waals surface area contributed by atoms with Crippen LogP contribution >= 0.6 is 0 Å². The Hall–Kier alpha value is -1.59. The summed E-state index contributed by atoms with van der Waals surface area (Å²) < 4.78 is 0. The fraction of sp³-hybridized carbons (Fsp3) is 0.824. The van der Waals surface area contributed by atoms with Crippen molar-refractivity contribution in [3.63, 3.8) is 0 Å². The van der Waals surface area contributed by atoms with Gasteiger partial charge in [0.1, 0.15) is 0 Å². The Kier molecular flexibility index (Phi) is 6.59. The quantitative estimate of drug-likeness (QED) is 0.753. The van der Waals surface area contributed by atoms with Crippen LogP contribution in [0.15, 0.2) is 5.10 Å². The SMILES string of the molecule is CCC(CC)CN1N=C(C(C)C(NC(=O)O)C(C)(C)C)CC1=O. The Balaban J connectivity index is 2.91. The van der Waals surface area contributed by atoms with Crippen molar-refractivity contribution < 1.29 is 14.7 Å². The van der Waals surface area contributed by atoms with E-state index in [4.69, 9.17) is 5.11 Å². The maximum atomic E-state index is 12.2. The molecule has 23 heavy (non-hydrogen) atoms. The Bertz CT molecular complexity index is 464. The number of nitrogens with zero attached hydrogens (tertiary/aromatic N) is 2. The lowest BCUT2D eigenvalue weighted by atomic mass is 9.77. The summed E-state index contributed by atoms with van der Waals surface area (Å²) in [6.45, 7) is 12.8. The molecule has 2 N–H and O–H groups in total. The predicted octanol–water partition coefficient (Wildman–Crippen LogP) is 3.33. The molecule has 0 bridgehead atoms. The largest absolute Gasteiger partial charge is 0.465 e. The number of hydrogen-bond acceptors (Lipinski definition) is 3. The van der Waals surface area contributed by atoms with Gasteiger partial charge in [-0.1, -0.05) is 54.4 Å². The molecular weight excluding hydrogens is 294 g/mol. The van der Waals surface area contributed by atoms with Gasteiger partial charge in [-0.15, -0.1) is 0 Å². The molecule has 1 heterocycles. The molecule has 0 aromatic heterocycles. The van der Waals surface area contributed by atoms with Gasteiger partial charge in [0.2, 0.25) is 5.91 Å². The second-order valence-electron chi connectivity index (χ2n) is 7.51. The predicted molar refractivity (Wildman–Crippen MR) is 91.4 cm³/mol. The Morgan fingerprint density at radius 2 is 1.91 bits per heavy atom. The zero-order valence-electron chi connectivity index (χ0n) is 15.2. The van der Waals surface area contributed by atoms with Crippen molar-refractivity contribution in [2.24, 2.45) is 22.4 Å². The summed E-state index contributed by atoms with van der Waals surface area (Å²) in [6.07, 6.45) is 1.28. The number of rotatable bonds is 7. The number of carbonyl (C=O) groups is 2. The molecule has 0 aliphatic carbocycles. The number of carbonyl (C=O) groups excluding carboxylic acids is 1. The fourth-order valence-electron chi connectivity index (χ4n) is 3.10. The van der Waals surface area contributed by atoms with Gasteiger partial charge >= 0.3 is 6.09 Å². The van der Waals surface area contributed by atoms with E-state index in [0.717, 1.165) is 18.6 Å². The van der Waals surface area contributed by atoms with E-state index in [1.54, 1.807) is 5.01 Å². The van der Waals surface area contributed by atoms with E-state index in [0.29, 0.717) is 12.5 Å². The highest BCUT2D eigenvalue weighted by atomic mass is 16.4. The van der Waals surface area contributed by atoms with Crippen molar-refractivity contribution in [2.45, 2.75) is 66.8 Å². The second-order valence-corrected chi connectivity index (χ2v) is 7.51. The lowest BCUT2D eigenvalue weighted by Crippen LogP contribution is -2.49. The molecule has 0 spiro atoms. The van der Waals surface area contributed by atoms with Crippen LogP contribution in [0, 0.1) is 17.3 Å². The Morgan fingerprint density at radius 3 is 2.35 bits per heavy atom. The highest BCUT2D eigenvalue weighted by Crippen LogP contribution is 2.29. The summed E-state index contributed by atoms with van der Waals surface area (Å²) >= 11 is 0. The van der Waals surface area contributed by atoms with Gasteiger partial charge in [0, 0.05) is 18.5 Å². The lowest BCUT2D eigenvalue weighted by molar-refractivity contribution is -0.129. The molecule has 0 saturated carbocycles. The standard InChI is InChI=1S/C17H31N3O3/c1-7-12(8-2)10-20-14(21)9-13(19-20)11(3)15(17(4,5)6)18-16(22)23/h11-12,15,18H,7-10H2,1-6H3,(H,22,23). The molecule has 6 heteroatoms. The summed E-state index contributed by atoms with van der Waals surface area (Å²) in [6, 6.07) is -0.292. The minimum Gasteiger partial charge on any atom is -0.465 e. The van der Waals surface area contributed by atoms with Crippen LogP contribution in [0.5, 0.6) is 0 Å². The highest BCUT2D eigenvalue weighted by Gasteiger charge is 2.37. The van der Waals surface area contributed by atoms with Crippen LogP contribution in [-0.4, -0.2) is 40.4 Å². The molecule has 0 fully saturated rings.